The van der Waals surface area contributed by atoms with Gasteiger partial charge in [0, 0.05) is 29.7 Å². The summed E-state index contributed by atoms with van der Waals surface area (Å²) in [5.74, 6) is -1.33. The molecule has 0 unspecified atom stereocenters. The minimum Gasteiger partial charge on any atom is -0.477 e. The third-order valence-corrected chi connectivity index (χ3v) is 6.18. The number of nitrogens with zero attached hydrogens (tertiary/aromatic N) is 2. The molecule has 3 aliphatic heterocycles. The summed E-state index contributed by atoms with van der Waals surface area (Å²) in [6, 6.07) is -0.224. The summed E-state index contributed by atoms with van der Waals surface area (Å²) in [4.78, 5) is 27.8. The van der Waals surface area contributed by atoms with E-state index in [2.05, 4.69) is 0 Å². The van der Waals surface area contributed by atoms with Gasteiger partial charge in [-0.25, -0.2) is 4.79 Å². The van der Waals surface area contributed by atoms with Crippen molar-refractivity contribution in [3.05, 3.63) is 10.6 Å². The maximum absolute atomic E-state index is 12.1. The zero-order chi connectivity index (χ0) is 16.9. The van der Waals surface area contributed by atoms with Gasteiger partial charge in [0.15, 0.2) is 0 Å². The smallest absolute Gasteiger partial charge is 0.353 e. The Morgan fingerprint density at radius 3 is 2.70 bits per heavy atom. The highest BCUT2D eigenvalue weighted by Gasteiger charge is 2.57. The molecule has 0 saturated carbocycles. The van der Waals surface area contributed by atoms with Crippen molar-refractivity contribution in [2.45, 2.75) is 44.1 Å². The Bertz CT molecular complexity index is 604. The van der Waals surface area contributed by atoms with Crippen LogP contribution in [0, 0.1) is 11.3 Å². The Hall–Kier alpha value is -1.54. The van der Waals surface area contributed by atoms with Crippen molar-refractivity contribution >= 4 is 29.5 Å². The molecule has 8 heteroatoms. The molecule has 2 fully saturated rings. The van der Waals surface area contributed by atoms with Gasteiger partial charge in [-0.1, -0.05) is 0 Å². The largest absolute Gasteiger partial charge is 0.477 e. The lowest BCUT2D eigenvalue weighted by Crippen LogP contribution is -2.61. The number of thioether (sulfide) groups is 1. The average Bonchev–Trinajstić information content (AvgIpc) is 3.02. The monoisotopic (exact) mass is 339 g/mol. The van der Waals surface area contributed by atoms with Crippen LogP contribution in [-0.4, -0.2) is 68.2 Å². The molecule has 3 rings (SSSR count). The van der Waals surface area contributed by atoms with Gasteiger partial charge in [-0.2, -0.15) is 0 Å². The molecule has 0 aromatic heterocycles. The molecule has 3 N–H and O–H groups in total. The summed E-state index contributed by atoms with van der Waals surface area (Å²) < 4.78 is 0. The van der Waals surface area contributed by atoms with Crippen molar-refractivity contribution < 1.29 is 19.8 Å². The number of carbonyl (C=O) groups is 2. The molecule has 0 aliphatic carbocycles. The van der Waals surface area contributed by atoms with Gasteiger partial charge in [-0.05, 0) is 20.3 Å². The number of hydrogen-bond acceptors (Lipinski definition) is 5. The van der Waals surface area contributed by atoms with E-state index >= 15 is 0 Å². The van der Waals surface area contributed by atoms with Crippen molar-refractivity contribution in [3.8, 4) is 0 Å². The summed E-state index contributed by atoms with van der Waals surface area (Å²) in [7, 11) is 0. The maximum atomic E-state index is 12.1. The van der Waals surface area contributed by atoms with Crippen LogP contribution in [0.25, 0.3) is 0 Å². The molecule has 0 radical (unpaired) electrons. The Morgan fingerprint density at radius 1 is 1.48 bits per heavy atom. The highest BCUT2D eigenvalue weighted by molar-refractivity contribution is 8.03. The summed E-state index contributed by atoms with van der Waals surface area (Å²) >= 11 is 1.52. The number of rotatable bonds is 4. The van der Waals surface area contributed by atoms with Crippen molar-refractivity contribution in [1.82, 2.24) is 9.80 Å². The fraction of sp³-hybridized carbons (Fsp3) is 0.667. The lowest BCUT2D eigenvalue weighted by molar-refractivity contribution is -0.161. The summed E-state index contributed by atoms with van der Waals surface area (Å²) in [6.07, 6.45) is 0.648. The first-order chi connectivity index (χ1) is 10.8. The molecule has 3 heterocycles. The van der Waals surface area contributed by atoms with E-state index in [9.17, 15) is 19.8 Å². The molecule has 0 spiro atoms. The predicted molar refractivity (Wildman–Crippen MR) is 86.1 cm³/mol. The van der Waals surface area contributed by atoms with Gasteiger partial charge < -0.3 is 20.0 Å². The molecule has 3 aliphatic rings. The Morgan fingerprint density at radius 2 is 2.17 bits per heavy atom. The normalized spacial score (nSPS) is 31.3. The van der Waals surface area contributed by atoms with Crippen LogP contribution in [0.1, 0.15) is 26.7 Å². The SMILES string of the molecule is CC(=N)N1CC[C@H](SC2=C(C(=O)O)N3C(=O)[C@H]([C@H](C)O)[C@H]3C2)C1. The molecular formula is C15H21N3O4S. The van der Waals surface area contributed by atoms with Crippen molar-refractivity contribution in [1.29, 1.82) is 5.41 Å². The second-order valence-electron chi connectivity index (χ2n) is 6.38. The molecule has 0 aromatic rings. The fourth-order valence-corrected chi connectivity index (χ4v) is 5.11. The Balaban J connectivity index is 1.75. The lowest BCUT2D eigenvalue weighted by atomic mass is 9.83. The number of aliphatic hydroxyl groups excluding tert-OH is 1. The zero-order valence-electron chi connectivity index (χ0n) is 13.2. The number of carbonyl (C=O) groups excluding carboxylic acids is 1. The number of likely N-dealkylation sites (tertiary alicyclic amines) is 1. The summed E-state index contributed by atoms with van der Waals surface area (Å²) in [6.45, 7) is 4.87. The van der Waals surface area contributed by atoms with Crippen LogP contribution in [0.5, 0.6) is 0 Å². The van der Waals surface area contributed by atoms with E-state index in [-0.39, 0.29) is 22.9 Å². The Kier molecular flexibility index (Phi) is 4.14. The molecule has 0 bridgehead atoms. The number of nitrogens with one attached hydrogen (secondary N) is 1. The van der Waals surface area contributed by atoms with Gasteiger partial charge in [0.2, 0.25) is 5.91 Å². The van der Waals surface area contributed by atoms with E-state index in [0.29, 0.717) is 12.3 Å². The molecule has 23 heavy (non-hydrogen) atoms. The molecule has 7 nitrogen and oxygen atoms in total. The van der Waals surface area contributed by atoms with Gasteiger partial charge in [-0.15, -0.1) is 11.8 Å². The van der Waals surface area contributed by atoms with Crippen LogP contribution in [0.15, 0.2) is 10.6 Å². The van der Waals surface area contributed by atoms with Crippen LogP contribution in [-0.2, 0) is 9.59 Å². The standard InChI is InChI=1S/C15H21N3O4S/c1-7(19)12-10-5-11(13(15(21)22)18(10)14(12)20)23-9-3-4-17(6-9)8(2)16/h7,9-10,12,16,19H,3-6H2,1-2H3,(H,21,22)/t7-,9-,10+,12+/m0/s1. The van der Waals surface area contributed by atoms with E-state index in [1.807, 2.05) is 4.90 Å². The van der Waals surface area contributed by atoms with Crippen LogP contribution in [0.2, 0.25) is 0 Å². The second kappa shape index (κ2) is 5.83. The number of carboxylic acids is 1. The first-order valence-corrected chi connectivity index (χ1v) is 8.63. The lowest BCUT2D eigenvalue weighted by Gasteiger charge is -2.44. The van der Waals surface area contributed by atoms with Crippen molar-refractivity contribution in [3.63, 3.8) is 0 Å². The van der Waals surface area contributed by atoms with Crippen molar-refractivity contribution in [2.75, 3.05) is 13.1 Å². The number of amides is 1. The van der Waals surface area contributed by atoms with E-state index in [4.69, 9.17) is 5.41 Å². The summed E-state index contributed by atoms with van der Waals surface area (Å²) in [5.41, 5.74) is 0.0897. The first kappa shape index (κ1) is 16.3. The van der Waals surface area contributed by atoms with Crippen LogP contribution >= 0.6 is 11.8 Å². The Labute approximate surface area is 138 Å². The number of aliphatic hydroxyl groups is 1. The van der Waals surface area contributed by atoms with Gasteiger partial charge in [0.1, 0.15) is 5.70 Å². The molecular weight excluding hydrogens is 318 g/mol. The third-order valence-electron chi connectivity index (χ3n) is 4.82. The van der Waals surface area contributed by atoms with Gasteiger partial charge in [0.05, 0.1) is 23.9 Å². The van der Waals surface area contributed by atoms with Gasteiger partial charge >= 0.3 is 5.97 Å². The van der Waals surface area contributed by atoms with Crippen LogP contribution in [0.3, 0.4) is 0 Å². The third kappa shape index (κ3) is 2.63. The first-order valence-electron chi connectivity index (χ1n) is 7.75. The second-order valence-corrected chi connectivity index (χ2v) is 7.78. The molecule has 4 atom stereocenters. The average molecular weight is 339 g/mol. The van der Waals surface area contributed by atoms with Gasteiger partial charge in [-0.3, -0.25) is 10.2 Å². The molecule has 1 amide bonds. The minimum absolute atomic E-state index is 0.0897. The number of amidine groups is 1. The fourth-order valence-electron chi connectivity index (χ4n) is 3.67. The molecule has 0 aromatic carbocycles. The highest BCUT2D eigenvalue weighted by Crippen LogP contribution is 2.48. The van der Waals surface area contributed by atoms with E-state index in [1.165, 1.54) is 16.7 Å². The quantitative estimate of drug-likeness (QED) is 0.396. The van der Waals surface area contributed by atoms with Crippen molar-refractivity contribution in [2.24, 2.45) is 5.92 Å². The van der Waals surface area contributed by atoms with Gasteiger partial charge in [0.25, 0.3) is 0 Å². The van der Waals surface area contributed by atoms with Crippen LogP contribution in [0.4, 0.5) is 0 Å². The van der Waals surface area contributed by atoms with E-state index in [0.717, 1.165) is 24.4 Å². The maximum Gasteiger partial charge on any atom is 0.353 e. The number of carboxylic acid groups (broad SMARTS) is 1. The molecule has 2 saturated heterocycles. The number of fused-ring (bicyclic) bond motifs is 1. The number of hydrogen-bond donors (Lipinski definition) is 3. The van der Waals surface area contributed by atoms with E-state index < -0.39 is 18.0 Å². The highest BCUT2D eigenvalue weighted by atomic mass is 32.2. The van der Waals surface area contributed by atoms with Crippen LogP contribution < -0.4 is 0 Å². The van der Waals surface area contributed by atoms with E-state index in [1.54, 1.807) is 13.8 Å². The number of β-lactam (4-membered cyclic amide) rings is 1. The minimum atomic E-state index is -1.08. The summed E-state index contributed by atoms with van der Waals surface area (Å²) in [5, 5.41) is 27.1. The number of aliphatic carboxylic acids is 1. The topological polar surface area (TPSA) is 105 Å². The zero-order valence-corrected chi connectivity index (χ0v) is 14.0. The predicted octanol–water partition coefficient (Wildman–Crippen LogP) is 0.699. The molecule has 126 valence electrons.